The number of hydrogen-bond acceptors (Lipinski definition) is 3. The lowest BCUT2D eigenvalue weighted by Crippen LogP contribution is -2.03. The van der Waals surface area contributed by atoms with Gasteiger partial charge in [0.15, 0.2) is 0 Å². The lowest BCUT2D eigenvalue weighted by molar-refractivity contribution is 1.17. The maximum absolute atomic E-state index is 10.9. The molecule has 0 amide bonds. The highest BCUT2D eigenvalue weighted by molar-refractivity contribution is 6.23. The summed E-state index contributed by atoms with van der Waals surface area (Å²) in [5, 5.41) is 38.1. The maximum atomic E-state index is 10.9. The molecule has 0 radical (unpaired) electrons. The molecule has 8 aromatic carbocycles. The van der Waals surface area contributed by atoms with E-state index in [9.17, 15) is 15.8 Å². The highest BCUT2D eigenvalue weighted by Crippen LogP contribution is 2.49. The van der Waals surface area contributed by atoms with E-state index in [2.05, 4.69) is 108 Å². The Morgan fingerprint density at radius 2 is 0.882 bits per heavy atom. The minimum absolute atomic E-state index is 0.371. The maximum Gasteiger partial charge on any atom is 0.101 e. The van der Waals surface area contributed by atoms with Gasteiger partial charge in [0.25, 0.3) is 0 Å². The second kappa shape index (κ2) is 11.9. The van der Waals surface area contributed by atoms with E-state index in [0.717, 1.165) is 71.2 Å². The zero-order valence-corrected chi connectivity index (χ0v) is 27.3. The first-order chi connectivity index (χ1) is 25.2. The topological polar surface area (TPSA) is 76.3 Å². The Kier molecular flexibility index (Phi) is 6.93. The van der Waals surface area contributed by atoms with Crippen molar-refractivity contribution in [3.05, 3.63) is 174 Å². The fraction of sp³-hybridized carbons (Fsp3) is 0. The molecule has 9 rings (SSSR count). The summed E-state index contributed by atoms with van der Waals surface area (Å²) in [6.07, 6.45) is 0. The van der Waals surface area contributed by atoms with Crippen LogP contribution in [0.5, 0.6) is 0 Å². The quantitative estimate of drug-likeness (QED) is 0.179. The third-order valence-corrected chi connectivity index (χ3v) is 9.88. The summed E-state index contributed by atoms with van der Waals surface area (Å²) < 4.78 is 2.15. The smallest absolute Gasteiger partial charge is 0.101 e. The first kappa shape index (κ1) is 29.7. The van der Waals surface area contributed by atoms with Gasteiger partial charge in [0.1, 0.15) is 6.07 Å². The molecule has 0 N–H and O–H groups in total. The standard InChI is InChI=1S/C47H26N4/c48-27-30-25-33(29-50)45(46-38-20-6-4-18-36(38)44(31-13-2-1-3-14-31)37-19-5-7-21-39(37)46)41(26-30)40-22-12-15-32(28-49)47(40)51-42-23-10-8-16-34(42)35-17-9-11-24-43(35)51/h1-26H. The molecule has 0 aliphatic rings. The molecule has 4 nitrogen and oxygen atoms in total. The van der Waals surface area contributed by atoms with Crippen LogP contribution in [0.4, 0.5) is 0 Å². The van der Waals surface area contributed by atoms with Crippen molar-refractivity contribution in [1.82, 2.24) is 4.57 Å². The monoisotopic (exact) mass is 646 g/mol. The summed E-state index contributed by atoms with van der Waals surface area (Å²) in [5.74, 6) is 0. The number of fused-ring (bicyclic) bond motifs is 5. The van der Waals surface area contributed by atoms with Gasteiger partial charge < -0.3 is 4.57 Å². The van der Waals surface area contributed by atoms with Crippen LogP contribution in [-0.2, 0) is 0 Å². The molecular formula is C47H26N4. The SMILES string of the molecule is N#Cc1cc(C#N)c(-c2c3ccccc3c(-c3ccccc3)c3ccccc23)c(-c2cccc(C#N)c2-n2c3ccccc3c3ccccc32)c1. The van der Waals surface area contributed by atoms with Crippen molar-refractivity contribution in [1.29, 1.82) is 15.8 Å². The van der Waals surface area contributed by atoms with Gasteiger partial charge in [-0.1, -0.05) is 127 Å². The summed E-state index contributed by atoms with van der Waals surface area (Å²) in [5.41, 5.74) is 9.20. The Labute approximate surface area is 294 Å². The first-order valence-corrected chi connectivity index (χ1v) is 16.7. The van der Waals surface area contributed by atoms with Crippen LogP contribution in [0.25, 0.3) is 82.4 Å². The Morgan fingerprint density at radius 1 is 0.373 bits per heavy atom. The zero-order valence-electron chi connectivity index (χ0n) is 27.3. The molecule has 0 saturated heterocycles. The van der Waals surface area contributed by atoms with E-state index in [1.54, 1.807) is 6.07 Å². The summed E-state index contributed by atoms with van der Waals surface area (Å²) in [6.45, 7) is 0. The number of rotatable bonds is 4. The lowest BCUT2D eigenvalue weighted by atomic mass is 9.81. The van der Waals surface area contributed by atoms with Crippen LogP contribution in [-0.4, -0.2) is 4.57 Å². The summed E-state index contributed by atoms with van der Waals surface area (Å²) >= 11 is 0. The van der Waals surface area contributed by atoms with Gasteiger partial charge in [-0.15, -0.1) is 0 Å². The van der Waals surface area contributed by atoms with Crippen LogP contribution in [0.15, 0.2) is 158 Å². The molecule has 0 bridgehead atoms. The fourth-order valence-corrected chi connectivity index (χ4v) is 7.85. The molecule has 1 aromatic heterocycles. The van der Waals surface area contributed by atoms with Gasteiger partial charge >= 0.3 is 0 Å². The van der Waals surface area contributed by atoms with Crippen molar-refractivity contribution in [3.8, 4) is 57.3 Å². The lowest BCUT2D eigenvalue weighted by Gasteiger charge is -2.22. The van der Waals surface area contributed by atoms with Gasteiger partial charge in [0.05, 0.1) is 45.5 Å². The van der Waals surface area contributed by atoms with Gasteiger partial charge in [0, 0.05) is 21.9 Å². The van der Waals surface area contributed by atoms with Gasteiger partial charge in [-0.3, -0.25) is 0 Å². The molecule has 4 heteroatoms. The van der Waals surface area contributed by atoms with E-state index in [-0.39, 0.29) is 0 Å². The molecule has 0 aliphatic carbocycles. The molecule has 0 unspecified atom stereocenters. The summed E-state index contributed by atoms with van der Waals surface area (Å²) in [4.78, 5) is 0. The van der Waals surface area contributed by atoms with E-state index in [1.807, 2.05) is 66.7 Å². The second-order valence-electron chi connectivity index (χ2n) is 12.6. The van der Waals surface area contributed by atoms with Crippen LogP contribution in [0, 0.1) is 34.0 Å². The summed E-state index contributed by atoms with van der Waals surface area (Å²) in [6, 6.07) is 60.0. The molecule has 0 fully saturated rings. The molecule has 0 spiro atoms. The highest BCUT2D eigenvalue weighted by Gasteiger charge is 2.25. The van der Waals surface area contributed by atoms with Crippen molar-refractivity contribution in [2.75, 3.05) is 0 Å². The Bertz CT molecular complexity index is 2890. The third-order valence-electron chi connectivity index (χ3n) is 9.88. The van der Waals surface area contributed by atoms with Crippen molar-refractivity contribution < 1.29 is 0 Å². The largest absolute Gasteiger partial charge is 0.307 e. The average molecular weight is 647 g/mol. The molecule has 234 valence electrons. The van der Waals surface area contributed by atoms with Gasteiger partial charge in [0.2, 0.25) is 0 Å². The number of aromatic nitrogens is 1. The van der Waals surface area contributed by atoms with Crippen molar-refractivity contribution in [2.45, 2.75) is 0 Å². The predicted molar refractivity (Wildman–Crippen MR) is 206 cm³/mol. The Morgan fingerprint density at radius 3 is 1.43 bits per heavy atom. The van der Waals surface area contributed by atoms with Crippen molar-refractivity contribution in [2.24, 2.45) is 0 Å². The number of benzene rings is 8. The number of para-hydroxylation sites is 3. The molecule has 0 atom stereocenters. The third kappa shape index (κ3) is 4.51. The van der Waals surface area contributed by atoms with Crippen LogP contribution in [0.1, 0.15) is 16.7 Å². The van der Waals surface area contributed by atoms with E-state index >= 15 is 0 Å². The van der Waals surface area contributed by atoms with Gasteiger partial charge in [-0.05, 0) is 74.1 Å². The summed E-state index contributed by atoms with van der Waals surface area (Å²) in [7, 11) is 0. The molecule has 9 aromatic rings. The van der Waals surface area contributed by atoms with Crippen LogP contribution >= 0.6 is 0 Å². The van der Waals surface area contributed by atoms with Crippen LogP contribution in [0.2, 0.25) is 0 Å². The van der Waals surface area contributed by atoms with E-state index in [0.29, 0.717) is 27.9 Å². The van der Waals surface area contributed by atoms with E-state index < -0.39 is 0 Å². The predicted octanol–water partition coefficient (Wildman–Crippen LogP) is 11.7. The zero-order chi connectivity index (χ0) is 34.5. The average Bonchev–Trinajstić information content (AvgIpc) is 3.53. The molecule has 1 heterocycles. The Hall–Kier alpha value is -7.45. The number of nitrogens with zero attached hydrogens (tertiary/aromatic N) is 4. The number of hydrogen-bond donors (Lipinski definition) is 0. The fourth-order valence-electron chi connectivity index (χ4n) is 7.85. The van der Waals surface area contributed by atoms with Crippen LogP contribution in [0.3, 0.4) is 0 Å². The van der Waals surface area contributed by atoms with Crippen LogP contribution < -0.4 is 0 Å². The van der Waals surface area contributed by atoms with Crippen molar-refractivity contribution >= 4 is 43.4 Å². The minimum Gasteiger partial charge on any atom is -0.307 e. The van der Waals surface area contributed by atoms with E-state index in [4.69, 9.17) is 0 Å². The molecule has 0 saturated carbocycles. The normalized spacial score (nSPS) is 11.1. The first-order valence-electron chi connectivity index (χ1n) is 16.7. The van der Waals surface area contributed by atoms with Gasteiger partial charge in [-0.2, -0.15) is 15.8 Å². The second-order valence-corrected chi connectivity index (χ2v) is 12.6. The molecule has 51 heavy (non-hydrogen) atoms. The molecule has 0 aliphatic heterocycles. The molecular weight excluding hydrogens is 621 g/mol. The van der Waals surface area contributed by atoms with Crippen molar-refractivity contribution in [3.63, 3.8) is 0 Å². The van der Waals surface area contributed by atoms with E-state index in [1.165, 1.54) is 0 Å². The number of nitriles is 3. The van der Waals surface area contributed by atoms with Gasteiger partial charge in [-0.25, -0.2) is 0 Å². The highest BCUT2D eigenvalue weighted by atomic mass is 15.0. The minimum atomic E-state index is 0.371. The Balaban J connectivity index is 1.48.